The molecule has 2 heterocycles. The molecule has 1 N–H and O–H groups in total. The summed E-state index contributed by atoms with van der Waals surface area (Å²) in [5.41, 5.74) is 1.31. The third kappa shape index (κ3) is 3.11. The van der Waals surface area contributed by atoms with Crippen LogP contribution in [0.4, 0.5) is 20.6 Å². The number of fused-ring (bicyclic) bond motifs is 1. The number of nitrogens with one attached hydrogen (secondary N) is 1. The first kappa shape index (κ1) is 16.8. The van der Waals surface area contributed by atoms with Crippen molar-refractivity contribution in [2.24, 2.45) is 5.92 Å². The van der Waals surface area contributed by atoms with Gasteiger partial charge < -0.3 is 15.0 Å². The molecule has 138 valence electrons. The Bertz CT molecular complexity index is 793. The van der Waals surface area contributed by atoms with E-state index in [4.69, 9.17) is 4.74 Å². The summed E-state index contributed by atoms with van der Waals surface area (Å²) in [7, 11) is 0. The molecule has 4 rings (SSSR count). The first-order valence-electron chi connectivity index (χ1n) is 8.77. The van der Waals surface area contributed by atoms with Crippen LogP contribution in [-0.2, 0) is 20.7 Å². The first-order chi connectivity index (χ1) is 12.4. The van der Waals surface area contributed by atoms with Gasteiger partial charge in [0, 0.05) is 13.5 Å². The van der Waals surface area contributed by atoms with Crippen molar-refractivity contribution in [1.82, 2.24) is 5.32 Å². The molecule has 3 aliphatic rings. The fraction of sp³-hybridized carbons (Fsp3) is 0.500. The molecule has 0 spiro atoms. The zero-order chi connectivity index (χ0) is 18.4. The Labute approximate surface area is 150 Å². The highest BCUT2D eigenvalue weighted by Gasteiger charge is 2.37. The molecule has 0 aromatic heterocycles. The number of carbonyl (C=O) groups is 3. The van der Waals surface area contributed by atoms with Gasteiger partial charge in [-0.25, -0.2) is 9.18 Å². The van der Waals surface area contributed by atoms with Gasteiger partial charge in [-0.15, -0.1) is 0 Å². The van der Waals surface area contributed by atoms with Crippen LogP contribution < -0.4 is 15.1 Å². The normalized spacial score (nSPS) is 21.8. The van der Waals surface area contributed by atoms with Gasteiger partial charge in [-0.3, -0.25) is 14.5 Å². The maximum atomic E-state index is 14.7. The summed E-state index contributed by atoms with van der Waals surface area (Å²) >= 11 is 0. The van der Waals surface area contributed by atoms with Crippen LogP contribution in [0.5, 0.6) is 0 Å². The number of carbonyl (C=O) groups excluding carboxylic acids is 3. The van der Waals surface area contributed by atoms with E-state index in [-0.39, 0.29) is 31.3 Å². The Balaban J connectivity index is 1.54. The lowest BCUT2D eigenvalue weighted by Gasteiger charge is -2.19. The number of hydrogen-bond donors (Lipinski definition) is 1. The van der Waals surface area contributed by atoms with E-state index in [9.17, 15) is 18.8 Å². The minimum absolute atomic E-state index is 0.101. The van der Waals surface area contributed by atoms with Crippen LogP contribution in [0.25, 0.3) is 0 Å². The number of anilines is 2. The van der Waals surface area contributed by atoms with E-state index in [1.807, 2.05) is 0 Å². The largest absolute Gasteiger partial charge is 0.442 e. The minimum atomic E-state index is -0.584. The van der Waals surface area contributed by atoms with Gasteiger partial charge in [-0.05, 0) is 36.5 Å². The van der Waals surface area contributed by atoms with Crippen LogP contribution in [0.1, 0.15) is 25.3 Å². The van der Waals surface area contributed by atoms with Gasteiger partial charge in [0.2, 0.25) is 11.8 Å². The lowest BCUT2D eigenvalue weighted by molar-refractivity contribution is -0.119. The van der Waals surface area contributed by atoms with E-state index in [0.717, 1.165) is 12.8 Å². The molecule has 1 saturated heterocycles. The van der Waals surface area contributed by atoms with Crippen LogP contribution >= 0.6 is 0 Å². The van der Waals surface area contributed by atoms with Crippen LogP contribution in [0.2, 0.25) is 0 Å². The Morgan fingerprint density at radius 1 is 1.35 bits per heavy atom. The monoisotopic (exact) mass is 361 g/mol. The van der Waals surface area contributed by atoms with E-state index in [0.29, 0.717) is 29.4 Å². The second-order valence-corrected chi connectivity index (χ2v) is 7.11. The molecule has 2 fully saturated rings. The maximum absolute atomic E-state index is 14.7. The molecule has 1 aromatic carbocycles. The van der Waals surface area contributed by atoms with Gasteiger partial charge in [-0.2, -0.15) is 0 Å². The Morgan fingerprint density at radius 2 is 2.12 bits per heavy atom. The number of cyclic esters (lactones) is 1. The number of ether oxygens (including phenoxy) is 1. The molecule has 1 atom stereocenters. The van der Waals surface area contributed by atoms with Gasteiger partial charge >= 0.3 is 6.09 Å². The van der Waals surface area contributed by atoms with Crippen molar-refractivity contribution in [3.63, 3.8) is 0 Å². The van der Waals surface area contributed by atoms with Gasteiger partial charge in [0.1, 0.15) is 11.9 Å². The highest BCUT2D eigenvalue weighted by Crippen LogP contribution is 2.39. The topological polar surface area (TPSA) is 79.0 Å². The van der Waals surface area contributed by atoms with Crippen molar-refractivity contribution in [1.29, 1.82) is 0 Å². The molecule has 2 aliphatic heterocycles. The lowest BCUT2D eigenvalue weighted by atomic mass is 10.1. The van der Waals surface area contributed by atoms with Gasteiger partial charge in [-0.1, -0.05) is 0 Å². The maximum Gasteiger partial charge on any atom is 0.414 e. The second kappa shape index (κ2) is 6.26. The summed E-state index contributed by atoms with van der Waals surface area (Å²) in [6, 6.07) is 2.96. The third-order valence-electron chi connectivity index (χ3n) is 4.94. The standard InChI is InChI=1S/C18H20FN3O4/c1-10(23)20-7-14-9-21(18(25)26-14)13-4-12-5-16(24)22(8-11-2-3-11)17(12)15(19)6-13/h4,6,11,14H,2-3,5,7-9H2,1H3,(H,20,23)/t14-/m0/s1. The van der Waals surface area contributed by atoms with Gasteiger partial charge in [0.25, 0.3) is 0 Å². The fourth-order valence-electron chi connectivity index (χ4n) is 3.46. The van der Waals surface area contributed by atoms with Crippen LogP contribution in [-0.4, -0.2) is 43.6 Å². The molecular formula is C18H20FN3O4. The number of nitrogens with zero attached hydrogens (tertiary/aromatic N) is 2. The minimum Gasteiger partial charge on any atom is -0.442 e. The Morgan fingerprint density at radius 3 is 2.81 bits per heavy atom. The third-order valence-corrected chi connectivity index (χ3v) is 4.94. The van der Waals surface area contributed by atoms with E-state index in [2.05, 4.69) is 5.32 Å². The average Bonchev–Trinajstić information content (AvgIpc) is 3.23. The quantitative estimate of drug-likeness (QED) is 0.864. The second-order valence-electron chi connectivity index (χ2n) is 7.11. The molecule has 8 heteroatoms. The smallest absolute Gasteiger partial charge is 0.414 e. The number of halogens is 1. The fourth-order valence-corrected chi connectivity index (χ4v) is 3.46. The summed E-state index contributed by atoms with van der Waals surface area (Å²) < 4.78 is 20.0. The molecule has 3 amide bonds. The molecule has 0 unspecified atom stereocenters. The van der Waals surface area contributed by atoms with Crippen LogP contribution in [0.3, 0.4) is 0 Å². The number of amides is 3. The van der Waals surface area contributed by atoms with Crippen molar-refractivity contribution in [2.75, 3.05) is 29.4 Å². The molecular weight excluding hydrogens is 341 g/mol. The molecule has 1 saturated carbocycles. The van der Waals surface area contributed by atoms with Crippen molar-refractivity contribution in [3.05, 3.63) is 23.5 Å². The summed E-state index contributed by atoms with van der Waals surface area (Å²) in [5, 5.41) is 2.60. The summed E-state index contributed by atoms with van der Waals surface area (Å²) in [6.07, 6.45) is 1.22. The molecule has 0 bridgehead atoms. The molecule has 7 nitrogen and oxygen atoms in total. The van der Waals surface area contributed by atoms with Crippen LogP contribution in [0, 0.1) is 11.7 Å². The highest BCUT2D eigenvalue weighted by atomic mass is 19.1. The lowest BCUT2D eigenvalue weighted by Crippen LogP contribution is -2.33. The number of hydrogen-bond acceptors (Lipinski definition) is 4. The zero-order valence-corrected chi connectivity index (χ0v) is 14.5. The van der Waals surface area contributed by atoms with Crippen molar-refractivity contribution in [3.8, 4) is 0 Å². The van der Waals surface area contributed by atoms with Crippen molar-refractivity contribution >= 4 is 29.3 Å². The van der Waals surface area contributed by atoms with Crippen molar-refractivity contribution < 1.29 is 23.5 Å². The number of rotatable bonds is 5. The Hall–Kier alpha value is -2.64. The molecule has 26 heavy (non-hydrogen) atoms. The molecule has 1 aromatic rings. The average molecular weight is 361 g/mol. The summed E-state index contributed by atoms with van der Waals surface area (Å²) in [5.74, 6) is -0.345. The molecule has 1 aliphatic carbocycles. The zero-order valence-electron chi connectivity index (χ0n) is 14.5. The van der Waals surface area contributed by atoms with E-state index in [1.165, 1.54) is 22.8 Å². The summed E-state index contributed by atoms with van der Waals surface area (Å²) in [4.78, 5) is 38.2. The van der Waals surface area contributed by atoms with Crippen LogP contribution in [0.15, 0.2) is 12.1 Å². The van der Waals surface area contributed by atoms with E-state index in [1.54, 1.807) is 6.07 Å². The molecule has 0 radical (unpaired) electrons. The van der Waals surface area contributed by atoms with Gasteiger partial charge in [0.15, 0.2) is 0 Å². The Kier molecular flexibility index (Phi) is 4.05. The predicted octanol–water partition coefficient (Wildman–Crippen LogP) is 1.59. The predicted molar refractivity (Wildman–Crippen MR) is 91.5 cm³/mol. The van der Waals surface area contributed by atoms with Gasteiger partial charge in [0.05, 0.1) is 30.9 Å². The summed E-state index contributed by atoms with van der Waals surface area (Å²) in [6.45, 7) is 2.37. The van der Waals surface area contributed by atoms with E-state index >= 15 is 0 Å². The van der Waals surface area contributed by atoms with Crippen molar-refractivity contribution in [2.45, 2.75) is 32.3 Å². The number of benzene rings is 1. The first-order valence-corrected chi connectivity index (χ1v) is 8.77. The highest BCUT2D eigenvalue weighted by molar-refractivity contribution is 6.02. The van der Waals surface area contributed by atoms with E-state index < -0.39 is 18.0 Å². The SMILES string of the molecule is CC(=O)NC[C@H]1CN(c2cc(F)c3c(c2)CC(=O)N3CC2CC2)C(=O)O1.